The van der Waals surface area contributed by atoms with Gasteiger partial charge in [0.2, 0.25) is 5.88 Å². The second-order valence-corrected chi connectivity index (χ2v) is 6.56. The van der Waals surface area contributed by atoms with Crippen molar-refractivity contribution in [2.45, 2.75) is 39.2 Å². The monoisotopic (exact) mass is 496 g/mol. The molecule has 0 saturated carbocycles. The van der Waals surface area contributed by atoms with E-state index in [1.165, 1.54) is 25.7 Å². The lowest BCUT2D eigenvalue weighted by Gasteiger charge is -2.21. The number of likely N-dealkylation sites (tertiary alicyclic amines) is 1. The zero-order chi connectivity index (χ0) is 18.9. The van der Waals surface area contributed by atoms with E-state index in [0.29, 0.717) is 36.5 Å². The Morgan fingerprint density at radius 1 is 1.07 bits per heavy atom. The molecule has 0 aliphatic carbocycles. The van der Waals surface area contributed by atoms with Gasteiger partial charge in [0.25, 0.3) is 0 Å². The molecule has 1 aliphatic heterocycles. The van der Waals surface area contributed by atoms with Crippen LogP contribution in [0.3, 0.4) is 0 Å². The van der Waals surface area contributed by atoms with Crippen LogP contribution in [0, 0.1) is 0 Å². The number of nitrogens with two attached hydrogens (primary N) is 1. The number of hydrogen-bond donors (Lipinski definition) is 1. The van der Waals surface area contributed by atoms with Crippen molar-refractivity contribution in [1.82, 2.24) is 9.88 Å². The highest BCUT2D eigenvalue weighted by molar-refractivity contribution is 14.0. The van der Waals surface area contributed by atoms with E-state index < -0.39 is 0 Å². The molecule has 2 heterocycles. The molecule has 1 aromatic heterocycles. The van der Waals surface area contributed by atoms with Crippen molar-refractivity contribution < 1.29 is 9.47 Å². The second-order valence-electron chi connectivity index (χ2n) is 6.56. The van der Waals surface area contributed by atoms with E-state index in [1.807, 2.05) is 43.3 Å². The summed E-state index contributed by atoms with van der Waals surface area (Å²) in [5.74, 6) is 2.52. The minimum atomic E-state index is 0. The van der Waals surface area contributed by atoms with Gasteiger partial charge in [0, 0.05) is 25.4 Å². The molecule has 0 bridgehead atoms. The topological polar surface area (TPSA) is 73.0 Å². The van der Waals surface area contributed by atoms with Crippen LogP contribution in [-0.4, -0.2) is 35.5 Å². The van der Waals surface area contributed by atoms with Gasteiger partial charge in [-0.05, 0) is 37.5 Å². The molecule has 2 N–H and O–H groups in total. The molecule has 0 atom stereocenters. The Hall–Kier alpha value is -2.03. The van der Waals surface area contributed by atoms with Crippen molar-refractivity contribution in [3.8, 4) is 17.4 Å². The lowest BCUT2D eigenvalue weighted by atomic mass is 10.2. The Morgan fingerprint density at radius 3 is 2.43 bits per heavy atom. The summed E-state index contributed by atoms with van der Waals surface area (Å²) < 4.78 is 11.4. The molecular formula is C21H29IN4O2. The van der Waals surface area contributed by atoms with Crippen LogP contribution < -0.4 is 15.2 Å². The summed E-state index contributed by atoms with van der Waals surface area (Å²) in [7, 11) is 0. The first kappa shape index (κ1) is 22.3. The molecule has 0 amide bonds. The number of aromatic nitrogens is 1. The van der Waals surface area contributed by atoms with Crippen LogP contribution in [0.2, 0.25) is 0 Å². The van der Waals surface area contributed by atoms with Gasteiger partial charge in [-0.3, -0.25) is 0 Å². The molecule has 7 heteroatoms. The summed E-state index contributed by atoms with van der Waals surface area (Å²) in [6.45, 7) is 5.05. The van der Waals surface area contributed by atoms with E-state index in [9.17, 15) is 0 Å². The predicted molar refractivity (Wildman–Crippen MR) is 123 cm³/mol. The first-order valence-corrected chi connectivity index (χ1v) is 9.65. The van der Waals surface area contributed by atoms with Crippen molar-refractivity contribution in [1.29, 1.82) is 0 Å². The molecule has 0 radical (unpaired) electrons. The zero-order valence-electron chi connectivity index (χ0n) is 16.3. The van der Waals surface area contributed by atoms with Gasteiger partial charge < -0.3 is 20.1 Å². The second kappa shape index (κ2) is 11.7. The first-order chi connectivity index (χ1) is 13.3. The molecule has 2 aromatic rings. The Morgan fingerprint density at radius 2 is 1.79 bits per heavy atom. The summed E-state index contributed by atoms with van der Waals surface area (Å²) in [6.07, 6.45) is 6.71. The van der Waals surface area contributed by atoms with Gasteiger partial charge in [-0.1, -0.05) is 31.0 Å². The highest BCUT2D eigenvalue weighted by Crippen LogP contribution is 2.30. The Kier molecular flexibility index (Phi) is 9.33. The maximum absolute atomic E-state index is 6.16. The third kappa shape index (κ3) is 6.54. The van der Waals surface area contributed by atoms with Gasteiger partial charge in [0.05, 0.1) is 13.2 Å². The number of benzene rings is 1. The molecule has 1 fully saturated rings. The van der Waals surface area contributed by atoms with E-state index >= 15 is 0 Å². The van der Waals surface area contributed by atoms with Gasteiger partial charge >= 0.3 is 0 Å². The number of ether oxygens (including phenoxy) is 2. The minimum absolute atomic E-state index is 0. The fourth-order valence-electron chi connectivity index (χ4n) is 3.06. The fraction of sp³-hybridized carbons (Fsp3) is 0.429. The van der Waals surface area contributed by atoms with Crippen LogP contribution in [0.1, 0.15) is 38.2 Å². The van der Waals surface area contributed by atoms with Crippen LogP contribution in [-0.2, 0) is 6.54 Å². The fourth-order valence-corrected chi connectivity index (χ4v) is 3.06. The molecule has 1 aromatic carbocycles. The summed E-state index contributed by atoms with van der Waals surface area (Å²) in [5, 5.41) is 0. The molecule has 152 valence electrons. The lowest BCUT2D eigenvalue weighted by molar-refractivity contribution is 0.319. The molecule has 1 saturated heterocycles. The van der Waals surface area contributed by atoms with Gasteiger partial charge in [0.1, 0.15) is 0 Å². The maximum atomic E-state index is 6.16. The Labute approximate surface area is 184 Å². The number of halogens is 1. The SMILES string of the molecule is CCOc1ccccc1Oc1ccc(CN=C(N)N2CCCCCC2)cn1.I. The van der Waals surface area contributed by atoms with E-state index in [0.717, 1.165) is 18.7 Å². The summed E-state index contributed by atoms with van der Waals surface area (Å²) >= 11 is 0. The molecular weight excluding hydrogens is 467 g/mol. The Balaban J connectivity index is 0.00000280. The van der Waals surface area contributed by atoms with E-state index in [1.54, 1.807) is 6.20 Å². The molecule has 1 aliphatic rings. The van der Waals surface area contributed by atoms with Crippen molar-refractivity contribution in [2.24, 2.45) is 10.7 Å². The van der Waals surface area contributed by atoms with Gasteiger partial charge in [0.15, 0.2) is 17.5 Å². The lowest BCUT2D eigenvalue weighted by Crippen LogP contribution is -2.38. The minimum Gasteiger partial charge on any atom is -0.490 e. The smallest absolute Gasteiger partial charge is 0.219 e. The van der Waals surface area contributed by atoms with Crippen LogP contribution in [0.15, 0.2) is 47.6 Å². The molecule has 0 spiro atoms. The summed E-state index contributed by atoms with van der Waals surface area (Å²) in [4.78, 5) is 11.1. The van der Waals surface area contributed by atoms with E-state index in [4.69, 9.17) is 15.2 Å². The third-order valence-electron chi connectivity index (χ3n) is 4.51. The number of hydrogen-bond acceptors (Lipinski definition) is 4. The highest BCUT2D eigenvalue weighted by atomic mass is 127. The number of guanidine groups is 1. The van der Waals surface area contributed by atoms with Crippen molar-refractivity contribution >= 4 is 29.9 Å². The summed E-state index contributed by atoms with van der Waals surface area (Å²) in [6, 6.07) is 11.4. The van der Waals surface area contributed by atoms with Gasteiger partial charge in [-0.15, -0.1) is 24.0 Å². The van der Waals surface area contributed by atoms with Crippen molar-refractivity contribution in [3.05, 3.63) is 48.2 Å². The van der Waals surface area contributed by atoms with E-state index in [2.05, 4.69) is 14.9 Å². The van der Waals surface area contributed by atoms with Crippen LogP contribution >= 0.6 is 24.0 Å². The number of rotatable bonds is 6. The van der Waals surface area contributed by atoms with Crippen LogP contribution in [0.5, 0.6) is 17.4 Å². The highest BCUT2D eigenvalue weighted by Gasteiger charge is 2.11. The summed E-state index contributed by atoms with van der Waals surface area (Å²) in [5.41, 5.74) is 7.16. The predicted octanol–water partition coefficient (Wildman–Crippen LogP) is 4.58. The molecule has 6 nitrogen and oxygen atoms in total. The quantitative estimate of drug-likeness (QED) is 0.360. The number of nitrogens with zero attached hydrogens (tertiary/aromatic N) is 3. The largest absolute Gasteiger partial charge is 0.490 e. The average Bonchev–Trinajstić information content (AvgIpc) is 2.98. The first-order valence-electron chi connectivity index (χ1n) is 9.65. The van der Waals surface area contributed by atoms with Gasteiger partial charge in [-0.25, -0.2) is 9.98 Å². The van der Waals surface area contributed by atoms with Crippen molar-refractivity contribution in [3.63, 3.8) is 0 Å². The third-order valence-corrected chi connectivity index (χ3v) is 4.51. The normalized spacial score (nSPS) is 14.8. The molecule has 28 heavy (non-hydrogen) atoms. The molecule has 3 rings (SSSR count). The number of aliphatic imine (C=N–C) groups is 1. The van der Waals surface area contributed by atoms with Gasteiger partial charge in [-0.2, -0.15) is 0 Å². The van der Waals surface area contributed by atoms with Crippen LogP contribution in [0.25, 0.3) is 0 Å². The Bertz CT molecular complexity index is 744. The number of para-hydroxylation sites is 2. The number of pyridine rings is 1. The molecule has 0 unspecified atom stereocenters. The van der Waals surface area contributed by atoms with Crippen LogP contribution in [0.4, 0.5) is 0 Å². The van der Waals surface area contributed by atoms with E-state index in [-0.39, 0.29) is 24.0 Å². The maximum Gasteiger partial charge on any atom is 0.219 e. The zero-order valence-corrected chi connectivity index (χ0v) is 18.7. The van der Waals surface area contributed by atoms with Crippen molar-refractivity contribution in [2.75, 3.05) is 19.7 Å². The average molecular weight is 496 g/mol. The standard InChI is InChI=1S/C21H28N4O2.HI/c1-2-26-18-9-5-6-10-19(18)27-20-12-11-17(15-23-20)16-24-21(22)25-13-7-3-4-8-14-25;/h5-6,9-12,15H,2-4,7-8,13-14,16H2,1H3,(H2,22,24);1H.